The Morgan fingerprint density at radius 3 is 2.34 bits per heavy atom. The molecule has 2 heterocycles. The molecule has 1 fully saturated rings. The average molecular weight is 437 g/mol. The van der Waals surface area contributed by atoms with Crippen LogP contribution in [-0.2, 0) is 4.79 Å². The number of benzene rings is 2. The van der Waals surface area contributed by atoms with Crippen molar-refractivity contribution in [3.63, 3.8) is 0 Å². The molecule has 1 atom stereocenters. The van der Waals surface area contributed by atoms with Gasteiger partial charge >= 0.3 is 5.63 Å². The minimum Gasteiger partial charge on any atom is -0.480 e. The predicted molar refractivity (Wildman–Crippen MR) is 127 cm³/mol. The van der Waals surface area contributed by atoms with Gasteiger partial charge < -0.3 is 19.8 Å². The highest BCUT2D eigenvalue weighted by Crippen LogP contribution is 2.32. The van der Waals surface area contributed by atoms with Crippen LogP contribution in [0.25, 0.3) is 21.7 Å². The normalized spacial score (nSPS) is 19.1. The van der Waals surface area contributed by atoms with Crippen LogP contribution in [0.15, 0.2) is 45.6 Å². The molecule has 6 nitrogen and oxygen atoms in total. The van der Waals surface area contributed by atoms with Crippen LogP contribution >= 0.6 is 0 Å². The number of ether oxygens (including phenoxy) is 1. The lowest BCUT2D eigenvalue weighted by atomic mass is 9.79. The fraction of sp³-hybridized carbons (Fsp3) is 0.462. The first-order valence-corrected chi connectivity index (χ1v) is 11.2. The number of piperidine rings is 1. The van der Waals surface area contributed by atoms with Crippen LogP contribution in [0, 0.1) is 6.92 Å². The zero-order valence-electron chi connectivity index (χ0n) is 19.7. The standard InChI is InChI=1S/C26H32N2O4/c1-15-21(12-11-19-18-9-7-8-10-20(18)24(30)32-22(15)19)31-16(2)23(29)27-17-13-25(3,4)28-26(5,6)14-17/h7-12,16-17,28H,13-14H2,1-6H3,(H,27,29). The fourth-order valence-corrected chi connectivity index (χ4v) is 5.18. The molecule has 32 heavy (non-hydrogen) atoms. The van der Waals surface area contributed by atoms with Crippen molar-refractivity contribution in [3.8, 4) is 5.75 Å². The molecule has 0 bridgehead atoms. The second kappa shape index (κ2) is 7.93. The molecule has 1 aliphatic heterocycles. The maximum absolute atomic E-state index is 12.9. The van der Waals surface area contributed by atoms with Crippen LogP contribution in [0.4, 0.5) is 0 Å². The Morgan fingerprint density at radius 1 is 1.06 bits per heavy atom. The van der Waals surface area contributed by atoms with Crippen LogP contribution in [0.1, 0.15) is 53.0 Å². The summed E-state index contributed by atoms with van der Waals surface area (Å²) in [7, 11) is 0. The van der Waals surface area contributed by atoms with Crippen LogP contribution in [0.3, 0.4) is 0 Å². The summed E-state index contributed by atoms with van der Waals surface area (Å²) < 4.78 is 11.6. The lowest BCUT2D eigenvalue weighted by Crippen LogP contribution is -2.62. The highest BCUT2D eigenvalue weighted by molar-refractivity contribution is 6.05. The van der Waals surface area contributed by atoms with Gasteiger partial charge in [-0.05, 0) is 78.0 Å². The smallest absolute Gasteiger partial charge is 0.344 e. The van der Waals surface area contributed by atoms with E-state index in [4.69, 9.17) is 9.15 Å². The van der Waals surface area contributed by atoms with E-state index in [2.05, 4.69) is 38.3 Å². The van der Waals surface area contributed by atoms with E-state index >= 15 is 0 Å². The number of rotatable bonds is 4. The first-order chi connectivity index (χ1) is 15.0. The molecule has 2 aromatic carbocycles. The Kier molecular flexibility index (Phi) is 5.53. The SMILES string of the molecule is Cc1c(OC(C)C(=O)NC2CC(C)(C)NC(C)(C)C2)ccc2c1oc(=O)c1ccccc12. The van der Waals surface area contributed by atoms with Gasteiger partial charge in [0.2, 0.25) is 0 Å². The van der Waals surface area contributed by atoms with Gasteiger partial charge in [0, 0.05) is 28.1 Å². The third-order valence-corrected chi connectivity index (χ3v) is 6.20. The maximum atomic E-state index is 12.9. The predicted octanol–water partition coefficient (Wildman–Crippen LogP) is 4.45. The highest BCUT2D eigenvalue weighted by atomic mass is 16.5. The number of carbonyl (C=O) groups excluding carboxylic acids is 1. The van der Waals surface area contributed by atoms with E-state index in [9.17, 15) is 9.59 Å². The third-order valence-electron chi connectivity index (χ3n) is 6.20. The zero-order valence-corrected chi connectivity index (χ0v) is 19.7. The van der Waals surface area contributed by atoms with Crippen molar-refractivity contribution in [3.05, 3.63) is 52.4 Å². The van der Waals surface area contributed by atoms with Crippen molar-refractivity contribution in [1.82, 2.24) is 10.6 Å². The van der Waals surface area contributed by atoms with E-state index in [1.54, 1.807) is 13.0 Å². The summed E-state index contributed by atoms with van der Waals surface area (Å²) in [6.45, 7) is 12.2. The largest absolute Gasteiger partial charge is 0.480 e. The summed E-state index contributed by atoms with van der Waals surface area (Å²) in [5.74, 6) is 0.382. The summed E-state index contributed by atoms with van der Waals surface area (Å²) in [6.07, 6.45) is 1.02. The number of fused-ring (bicyclic) bond motifs is 3. The van der Waals surface area contributed by atoms with Crippen molar-refractivity contribution in [1.29, 1.82) is 0 Å². The number of aryl methyl sites for hydroxylation is 1. The van der Waals surface area contributed by atoms with Crippen molar-refractivity contribution in [2.75, 3.05) is 0 Å². The number of nitrogens with one attached hydrogen (secondary N) is 2. The molecule has 2 N–H and O–H groups in total. The molecular formula is C26H32N2O4. The van der Waals surface area contributed by atoms with E-state index in [1.165, 1.54) is 0 Å². The second-order valence-corrected chi connectivity index (χ2v) is 10.3. The lowest BCUT2D eigenvalue weighted by Gasteiger charge is -2.46. The Labute approximate surface area is 188 Å². The fourth-order valence-electron chi connectivity index (χ4n) is 5.18. The second-order valence-electron chi connectivity index (χ2n) is 10.3. The Bertz CT molecular complexity index is 1230. The van der Waals surface area contributed by atoms with Crippen LogP contribution in [-0.4, -0.2) is 29.1 Å². The lowest BCUT2D eigenvalue weighted by molar-refractivity contribution is -0.128. The molecule has 1 saturated heterocycles. The molecule has 1 aliphatic rings. The molecule has 0 radical (unpaired) electrons. The van der Waals surface area contributed by atoms with Crippen molar-refractivity contribution in [2.45, 2.75) is 77.6 Å². The van der Waals surface area contributed by atoms with Crippen LogP contribution < -0.4 is 21.0 Å². The monoisotopic (exact) mass is 436 g/mol. The van der Waals surface area contributed by atoms with Gasteiger partial charge in [-0.2, -0.15) is 0 Å². The molecule has 1 aromatic heterocycles. The van der Waals surface area contributed by atoms with E-state index in [-0.39, 0.29) is 28.7 Å². The van der Waals surface area contributed by atoms with Crippen LogP contribution in [0.5, 0.6) is 5.75 Å². The highest BCUT2D eigenvalue weighted by Gasteiger charge is 2.38. The molecule has 3 aromatic rings. The van der Waals surface area contributed by atoms with Gasteiger partial charge in [0.1, 0.15) is 11.3 Å². The molecule has 170 valence electrons. The molecule has 0 spiro atoms. The third kappa shape index (κ3) is 4.37. The zero-order chi connectivity index (χ0) is 23.3. The van der Waals surface area contributed by atoms with Crippen molar-refractivity contribution in [2.24, 2.45) is 0 Å². The molecule has 4 rings (SSSR count). The minimum atomic E-state index is -0.681. The molecule has 1 unspecified atom stereocenters. The molecule has 0 saturated carbocycles. The van der Waals surface area contributed by atoms with Gasteiger partial charge in [0.25, 0.3) is 5.91 Å². The van der Waals surface area contributed by atoms with Gasteiger partial charge in [-0.3, -0.25) is 4.79 Å². The van der Waals surface area contributed by atoms with Gasteiger partial charge in [-0.1, -0.05) is 18.2 Å². The maximum Gasteiger partial charge on any atom is 0.344 e. The topological polar surface area (TPSA) is 80.6 Å². The molecule has 6 heteroatoms. The molecule has 1 amide bonds. The Hall–Kier alpha value is -2.86. The van der Waals surface area contributed by atoms with Crippen molar-refractivity contribution >= 4 is 27.6 Å². The summed E-state index contributed by atoms with van der Waals surface area (Å²) in [4.78, 5) is 25.3. The van der Waals surface area contributed by atoms with Gasteiger partial charge in [0.05, 0.1) is 5.39 Å². The number of carbonyl (C=O) groups is 1. The van der Waals surface area contributed by atoms with E-state index in [0.717, 1.165) is 23.6 Å². The first kappa shape index (κ1) is 22.3. The van der Waals surface area contributed by atoms with Gasteiger partial charge in [0.15, 0.2) is 6.10 Å². The first-order valence-electron chi connectivity index (χ1n) is 11.2. The summed E-state index contributed by atoms with van der Waals surface area (Å²) in [6, 6.07) is 11.2. The van der Waals surface area contributed by atoms with Gasteiger partial charge in [-0.15, -0.1) is 0 Å². The van der Waals surface area contributed by atoms with Crippen molar-refractivity contribution < 1.29 is 13.9 Å². The Balaban J connectivity index is 1.55. The van der Waals surface area contributed by atoms with E-state index in [1.807, 2.05) is 37.3 Å². The summed E-state index contributed by atoms with van der Waals surface area (Å²) >= 11 is 0. The van der Waals surface area contributed by atoms with Crippen LogP contribution in [0.2, 0.25) is 0 Å². The quantitative estimate of drug-likeness (QED) is 0.467. The average Bonchev–Trinajstić information content (AvgIpc) is 2.68. The number of amides is 1. The summed E-state index contributed by atoms with van der Waals surface area (Å²) in [5, 5.41) is 9.03. The van der Waals surface area contributed by atoms with E-state index < -0.39 is 6.10 Å². The number of hydrogen-bond acceptors (Lipinski definition) is 5. The molecular weight excluding hydrogens is 404 g/mol. The number of hydrogen-bond donors (Lipinski definition) is 2. The van der Waals surface area contributed by atoms with E-state index in [0.29, 0.717) is 22.3 Å². The van der Waals surface area contributed by atoms with Gasteiger partial charge in [-0.25, -0.2) is 4.79 Å². The summed E-state index contributed by atoms with van der Waals surface area (Å²) in [5.41, 5.74) is 0.697. The minimum absolute atomic E-state index is 0.0565. The Morgan fingerprint density at radius 2 is 1.69 bits per heavy atom. The molecule has 0 aliphatic carbocycles.